The van der Waals surface area contributed by atoms with Gasteiger partial charge in [0, 0.05) is 6.54 Å². The molecule has 2 rings (SSSR count). The number of nitrogens with one attached hydrogen (secondary N) is 1. The number of rotatable bonds is 3. The third-order valence-electron chi connectivity index (χ3n) is 2.86. The van der Waals surface area contributed by atoms with Gasteiger partial charge in [0.1, 0.15) is 0 Å². The van der Waals surface area contributed by atoms with Crippen molar-refractivity contribution in [2.75, 3.05) is 32.2 Å². The number of nitrogens with zero attached hydrogens (tertiary/aromatic N) is 2. The highest BCUT2D eigenvalue weighted by Gasteiger charge is 2.30. The molecule has 0 spiro atoms. The lowest BCUT2D eigenvalue weighted by molar-refractivity contribution is -0.159. The van der Waals surface area contributed by atoms with Gasteiger partial charge in [0.25, 0.3) is 0 Å². The van der Waals surface area contributed by atoms with Crippen LogP contribution in [0, 0.1) is 5.92 Å². The van der Waals surface area contributed by atoms with Crippen LogP contribution in [0.1, 0.15) is 0 Å². The van der Waals surface area contributed by atoms with E-state index in [1.807, 2.05) is 54.3 Å². The van der Waals surface area contributed by atoms with E-state index in [-0.39, 0.29) is 11.8 Å². The molecule has 1 fully saturated rings. The van der Waals surface area contributed by atoms with Gasteiger partial charge in [-0.05, 0) is 26.2 Å². The average Bonchev–Trinajstić information content (AvgIpc) is 2.81. The highest BCUT2D eigenvalue weighted by molar-refractivity contribution is 6.27. The molecule has 1 aromatic rings. The molecule has 0 saturated carbocycles. The predicted molar refractivity (Wildman–Crippen MR) is 79.2 cm³/mol. The molecule has 1 atom stereocenters. The van der Waals surface area contributed by atoms with Crippen LogP contribution in [0.2, 0.25) is 0 Å². The summed E-state index contributed by atoms with van der Waals surface area (Å²) in [6.07, 6.45) is 0. The molecule has 0 radical (unpaired) electrons. The lowest BCUT2D eigenvalue weighted by Crippen LogP contribution is -2.33. The van der Waals surface area contributed by atoms with Crippen molar-refractivity contribution in [1.29, 1.82) is 0 Å². The Morgan fingerprint density at radius 1 is 1.23 bits per heavy atom. The predicted octanol–water partition coefficient (Wildman–Crippen LogP) is -0.129. The van der Waals surface area contributed by atoms with E-state index in [1.165, 1.54) is 0 Å². The molecule has 1 unspecified atom stereocenters. The van der Waals surface area contributed by atoms with Gasteiger partial charge in [-0.15, -0.1) is 0 Å². The SMILES string of the molecule is CN(C)CC1CN(c2ccccc2)NC1=O.O=C(O)C(=O)O. The number of benzene rings is 1. The number of anilines is 1. The van der Waals surface area contributed by atoms with Gasteiger partial charge in [-0.2, -0.15) is 0 Å². The number of carbonyl (C=O) groups is 3. The van der Waals surface area contributed by atoms with Gasteiger partial charge in [-0.25, -0.2) is 9.59 Å². The lowest BCUT2D eigenvalue weighted by atomic mass is 10.1. The minimum Gasteiger partial charge on any atom is -0.473 e. The van der Waals surface area contributed by atoms with Crippen LogP contribution in [0.4, 0.5) is 5.69 Å². The molecular formula is C14H19N3O5. The summed E-state index contributed by atoms with van der Waals surface area (Å²) in [4.78, 5) is 32.0. The smallest absolute Gasteiger partial charge is 0.414 e. The zero-order valence-corrected chi connectivity index (χ0v) is 12.4. The first kappa shape index (κ1) is 17.4. The van der Waals surface area contributed by atoms with E-state index in [2.05, 4.69) is 5.43 Å². The van der Waals surface area contributed by atoms with Crippen molar-refractivity contribution in [3.63, 3.8) is 0 Å². The number of carboxylic acids is 2. The molecule has 1 saturated heterocycles. The Bertz CT molecular complexity index is 521. The monoisotopic (exact) mass is 309 g/mol. The van der Waals surface area contributed by atoms with E-state index >= 15 is 0 Å². The second-order valence-corrected chi connectivity index (χ2v) is 4.99. The third-order valence-corrected chi connectivity index (χ3v) is 2.86. The number of para-hydroxylation sites is 1. The Kier molecular flexibility index (Phi) is 6.33. The Hall–Kier alpha value is -2.61. The van der Waals surface area contributed by atoms with Crippen LogP contribution in [0.15, 0.2) is 30.3 Å². The number of carbonyl (C=O) groups excluding carboxylic acids is 1. The molecule has 8 nitrogen and oxygen atoms in total. The second-order valence-electron chi connectivity index (χ2n) is 4.99. The summed E-state index contributed by atoms with van der Waals surface area (Å²) in [5, 5.41) is 16.7. The van der Waals surface area contributed by atoms with Gasteiger partial charge in [0.05, 0.1) is 18.2 Å². The van der Waals surface area contributed by atoms with E-state index in [9.17, 15) is 4.79 Å². The van der Waals surface area contributed by atoms with Gasteiger partial charge in [-0.3, -0.25) is 15.2 Å². The van der Waals surface area contributed by atoms with Crippen molar-refractivity contribution in [2.24, 2.45) is 5.92 Å². The maximum absolute atomic E-state index is 11.7. The first-order chi connectivity index (χ1) is 10.3. The van der Waals surface area contributed by atoms with Gasteiger partial charge >= 0.3 is 11.9 Å². The maximum atomic E-state index is 11.7. The van der Waals surface area contributed by atoms with Crippen LogP contribution in [0.25, 0.3) is 0 Å². The van der Waals surface area contributed by atoms with Gasteiger partial charge in [0.15, 0.2) is 0 Å². The molecule has 0 aromatic heterocycles. The van der Waals surface area contributed by atoms with Crippen LogP contribution >= 0.6 is 0 Å². The van der Waals surface area contributed by atoms with Crippen molar-refractivity contribution < 1.29 is 24.6 Å². The summed E-state index contributed by atoms with van der Waals surface area (Å²) in [5.41, 5.74) is 3.93. The molecule has 1 amide bonds. The van der Waals surface area contributed by atoms with Crippen LogP contribution in [0.3, 0.4) is 0 Å². The average molecular weight is 309 g/mol. The van der Waals surface area contributed by atoms with E-state index in [0.29, 0.717) is 0 Å². The Morgan fingerprint density at radius 3 is 2.23 bits per heavy atom. The first-order valence-corrected chi connectivity index (χ1v) is 6.55. The number of hydrazine groups is 1. The normalized spacial score (nSPS) is 16.8. The maximum Gasteiger partial charge on any atom is 0.414 e. The summed E-state index contributed by atoms with van der Waals surface area (Å²) in [7, 11) is 3.97. The molecule has 8 heteroatoms. The molecule has 120 valence electrons. The summed E-state index contributed by atoms with van der Waals surface area (Å²) >= 11 is 0. The highest BCUT2D eigenvalue weighted by atomic mass is 16.4. The summed E-state index contributed by atoms with van der Waals surface area (Å²) < 4.78 is 0. The van der Waals surface area contributed by atoms with E-state index in [4.69, 9.17) is 19.8 Å². The first-order valence-electron chi connectivity index (χ1n) is 6.55. The van der Waals surface area contributed by atoms with Crippen molar-refractivity contribution in [3.8, 4) is 0 Å². The zero-order valence-electron chi connectivity index (χ0n) is 12.4. The van der Waals surface area contributed by atoms with Gasteiger partial charge in [0.2, 0.25) is 5.91 Å². The van der Waals surface area contributed by atoms with Crippen molar-refractivity contribution >= 4 is 23.5 Å². The van der Waals surface area contributed by atoms with E-state index < -0.39 is 11.9 Å². The number of amides is 1. The van der Waals surface area contributed by atoms with Crippen molar-refractivity contribution in [3.05, 3.63) is 30.3 Å². The van der Waals surface area contributed by atoms with Crippen molar-refractivity contribution in [1.82, 2.24) is 10.3 Å². The molecule has 1 aliphatic rings. The van der Waals surface area contributed by atoms with Crippen LogP contribution < -0.4 is 10.4 Å². The van der Waals surface area contributed by atoms with E-state index in [1.54, 1.807) is 0 Å². The summed E-state index contributed by atoms with van der Waals surface area (Å²) in [6, 6.07) is 9.91. The van der Waals surface area contributed by atoms with Crippen LogP contribution in [-0.2, 0) is 14.4 Å². The number of aliphatic carboxylic acids is 2. The Labute approximate surface area is 127 Å². The molecule has 1 heterocycles. The quantitative estimate of drug-likeness (QED) is 0.667. The fraction of sp³-hybridized carbons (Fsp3) is 0.357. The molecule has 1 aromatic carbocycles. The molecule has 22 heavy (non-hydrogen) atoms. The summed E-state index contributed by atoms with van der Waals surface area (Å²) in [6.45, 7) is 1.52. The minimum absolute atomic E-state index is 0.0511. The molecule has 1 aliphatic heterocycles. The van der Waals surface area contributed by atoms with Gasteiger partial charge < -0.3 is 15.1 Å². The molecule has 0 bridgehead atoms. The summed E-state index contributed by atoms with van der Waals surface area (Å²) in [5.74, 6) is -3.49. The number of hydrogen-bond donors (Lipinski definition) is 3. The van der Waals surface area contributed by atoms with Crippen molar-refractivity contribution in [2.45, 2.75) is 0 Å². The zero-order chi connectivity index (χ0) is 16.7. The molecule has 0 aliphatic carbocycles. The lowest BCUT2D eigenvalue weighted by Gasteiger charge is -2.17. The minimum atomic E-state index is -1.82. The largest absolute Gasteiger partial charge is 0.473 e. The number of carboxylic acid groups (broad SMARTS) is 2. The van der Waals surface area contributed by atoms with Gasteiger partial charge in [-0.1, -0.05) is 18.2 Å². The van der Waals surface area contributed by atoms with E-state index in [0.717, 1.165) is 18.8 Å². The standard InChI is InChI=1S/C12H17N3O.C2H2O4/c1-14(2)8-10-9-15(13-12(10)16)11-6-4-3-5-7-11;3-1(4)2(5)6/h3-7,10H,8-9H2,1-2H3,(H,13,16);(H,3,4)(H,5,6). The highest BCUT2D eigenvalue weighted by Crippen LogP contribution is 2.18. The third kappa shape index (κ3) is 5.41. The van der Waals surface area contributed by atoms with Crippen LogP contribution in [-0.4, -0.2) is 60.1 Å². The topological polar surface area (TPSA) is 110 Å². The second kappa shape index (κ2) is 7.99. The Balaban J connectivity index is 0.000000346. The number of hydrogen-bond acceptors (Lipinski definition) is 5. The molecule has 3 N–H and O–H groups in total. The molecular weight excluding hydrogens is 290 g/mol. The fourth-order valence-corrected chi connectivity index (χ4v) is 1.93. The Morgan fingerprint density at radius 2 is 1.77 bits per heavy atom. The fourth-order valence-electron chi connectivity index (χ4n) is 1.93. The van der Waals surface area contributed by atoms with Crippen LogP contribution in [0.5, 0.6) is 0 Å².